The Morgan fingerprint density at radius 1 is 0.441 bits per heavy atom. The predicted molar refractivity (Wildman–Crippen MR) is 465 cm³/mol. The average molecular weight is 1570 g/mol. The number of imide groups is 1. The van der Waals surface area contributed by atoms with Gasteiger partial charge in [-0.25, -0.2) is 14.4 Å². The number of hydrogen-bond donors (Lipinski definition) is 4. The number of hydrogen-bond acceptors (Lipinski definition) is 13. The Morgan fingerprint density at radius 3 is 1.22 bits per heavy atom. The van der Waals surface area contributed by atoms with Gasteiger partial charge in [0.2, 0.25) is 5.91 Å². The molecule has 0 saturated heterocycles. The van der Waals surface area contributed by atoms with Gasteiger partial charge in [-0.15, -0.1) is 22.7 Å². The van der Waals surface area contributed by atoms with E-state index in [1.165, 1.54) is 40.9 Å². The van der Waals surface area contributed by atoms with E-state index in [4.69, 9.17) is 26.2 Å². The van der Waals surface area contributed by atoms with Crippen molar-refractivity contribution in [3.05, 3.63) is 277 Å². The molecule has 0 aliphatic heterocycles. The number of carbonyl (C=O) groups is 7. The second-order valence-electron chi connectivity index (χ2n) is 32.5. The van der Waals surface area contributed by atoms with Gasteiger partial charge in [0, 0.05) is 33.1 Å². The number of esters is 2. The lowest BCUT2D eigenvalue weighted by Gasteiger charge is -2.23. The van der Waals surface area contributed by atoms with Gasteiger partial charge in [-0.3, -0.25) is 24.5 Å². The number of halogens is 1. The third-order valence-electron chi connectivity index (χ3n) is 15.5. The van der Waals surface area contributed by atoms with Crippen LogP contribution in [0.15, 0.2) is 225 Å². The monoisotopic (exact) mass is 1570 g/mol. The first kappa shape index (κ1) is 99.5. The lowest BCUT2D eigenvalue weighted by molar-refractivity contribution is -0.127. The number of carboxylic acids is 1. The van der Waals surface area contributed by atoms with E-state index in [0.29, 0.717) is 32.7 Å². The molecular formula is C95H124ClNO12S2. The number of aromatic hydroxyl groups is 2. The number of para-hydroxylation sites is 4. The van der Waals surface area contributed by atoms with Crippen molar-refractivity contribution in [2.45, 2.75) is 204 Å². The Bertz CT molecular complexity index is 4280. The van der Waals surface area contributed by atoms with E-state index >= 15 is 0 Å². The molecule has 0 bridgehead atoms. The fraction of sp³-hybridized carbons (Fsp3) is 0.379. The highest BCUT2D eigenvalue weighted by molar-refractivity contribution is 7.18. The lowest BCUT2D eigenvalue weighted by Crippen LogP contribution is -2.38. The third-order valence-corrected chi connectivity index (χ3v) is 17.7. The quantitative estimate of drug-likeness (QED) is 0.0204. The van der Waals surface area contributed by atoms with Crippen LogP contribution in [0.4, 0.5) is 0 Å². The number of aryl methyl sites for hydroxylation is 1. The second kappa shape index (κ2) is 49.0. The zero-order valence-corrected chi connectivity index (χ0v) is 71.0. The van der Waals surface area contributed by atoms with E-state index in [1.54, 1.807) is 99.6 Å². The maximum absolute atomic E-state index is 12.2. The van der Waals surface area contributed by atoms with E-state index in [9.17, 15) is 43.8 Å². The standard InChI is InChI=1S/C25H38O.C19H20O3.C18H20O3.C12H16O2.C11H15NO2S.C9H11ClOS.CH4/c1-5-6-7-8-9-10-11-12-13-14-15-16-17-18-19-20-21-22-23-24(26)25(2,3)4;1-13(19(2,3)4)14-9-6-8-12-17(14)22-18(21)15-10-5-7-11-16(15)20;1-18(2,3)12-13-8-4-7-11-16(13)21-17(20)14-9-5-6-10-15(14)19;1-12(2,3)8-9-6-4-5-7-10(9)11(13)14;1-7-5-6-8(15-7)9(13)12-10(14)11(2,3)4;1-9(2,3)8(11)6-4-5-7(10)12-6;/h6-7,9-10,12-13,15-16,18-19,21-22H,5,8,11,14,17,20,23H2,1-4H3;5-12,20H,1H2,2-4H3;4-11,19H,12H2,1-3H3;4-7H,8H2,1-3H3,(H,13,14);5-6H,1-4H3,(H,12,13,14);4-5H,1-3H3;1H4/b7-6-,10-9-,13-12-,16-15-,19-18-,22-21-;;;;;;. The highest BCUT2D eigenvalue weighted by Crippen LogP contribution is 2.38. The number of aromatic carboxylic acids is 1. The number of nitrogens with one attached hydrogen (secondary N) is 1. The summed E-state index contributed by atoms with van der Waals surface area (Å²) < 4.78 is 11.6. The summed E-state index contributed by atoms with van der Waals surface area (Å²) in [7, 11) is 0. The summed E-state index contributed by atoms with van der Waals surface area (Å²) in [6.07, 6.45) is 34.2. The molecule has 2 heterocycles. The van der Waals surface area contributed by atoms with Crippen molar-refractivity contribution in [2.75, 3.05) is 0 Å². The SMILES string of the molecule is C.C=C(c1ccccc1OC(=O)c1ccccc1O)C(C)(C)C.CC(C)(C)C(=O)c1ccc(Cl)s1.CC(C)(C)Cc1ccccc1C(=O)O.CC(C)(C)Cc1ccccc1OC(=O)c1ccccc1O.CC/C=C\C/C=C\C/C=C\C/C=C\C/C=C\C/C=C\CC(=O)C(C)(C)C.Cc1ccc(C(=O)NC(=O)C(C)(C)C)s1. The number of amides is 2. The highest BCUT2D eigenvalue weighted by atomic mass is 35.5. The molecule has 2 aromatic heterocycles. The minimum absolute atomic E-state index is 0. The minimum Gasteiger partial charge on any atom is -0.507 e. The Kier molecular flexibility index (Phi) is 43.9. The molecule has 0 spiro atoms. The van der Waals surface area contributed by atoms with Crippen LogP contribution in [0, 0.1) is 39.4 Å². The molecule has 16 heteroatoms. The summed E-state index contributed by atoms with van der Waals surface area (Å²) in [5.41, 5.74) is 3.27. The van der Waals surface area contributed by atoms with Gasteiger partial charge in [0.15, 0.2) is 5.78 Å². The van der Waals surface area contributed by atoms with Gasteiger partial charge in [-0.1, -0.05) is 309 Å². The number of thiophene rings is 2. The van der Waals surface area contributed by atoms with Crippen LogP contribution in [0.5, 0.6) is 23.0 Å². The van der Waals surface area contributed by atoms with Crippen molar-refractivity contribution in [3.63, 3.8) is 0 Å². The molecule has 0 saturated carbocycles. The minimum atomic E-state index is -0.843. The van der Waals surface area contributed by atoms with E-state index in [1.807, 2.05) is 103 Å². The Morgan fingerprint density at radius 2 is 0.829 bits per heavy atom. The zero-order chi connectivity index (χ0) is 83.1. The van der Waals surface area contributed by atoms with Gasteiger partial charge in [0.25, 0.3) is 5.91 Å². The number of ketones is 2. The Labute approximate surface area is 677 Å². The number of rotatable bonds is 23. The number of allylic oxidation sites excluding steroid dienone is 13. The summed E-state index contributed by atoms with van der Waals surface area (Å²) in [5, 5.41) is 30.8. The number of phenols is 2. The third kappa shape index (κ3) is 41.4. The number of Topliss-reactive ketones (excluding diaryl/α,β-unsaturated/α-hetero) is 2. The van der Waals surface area contributed by atoms with Crippen molar-refractivity contribution in [2.24, 2.45) is 32.5 Å². The molecule has 7 aromatic rings. The van der Waals surface area contributed by atoms with Crippen LogP contribution in [-0.4, -0.2) is 56.6 Å². The van der Waals surface area contributed by atoms with Gasteiger partial charge in [0.05, 0.1) is 19.7 Å². The molecule has 5 aromatic carbocycles. The summed E-state index contributed by atoms with van der Waals surface area (Å²) in [6, 6.07) is 41.8. The Balaban J connectivity index is 0.000000676. The molecule has 7 rings (SSSR count). The van der Waals surface area contributed by atoms with Crippen molar-refractivity contribution < 1.29 is 58.4 Å². The molecule has 2 amide bonds. The van der Waals surface area contributed by atoms with Gasteiger partial charge in [-0.05, 0) is 158 Å². The zero-order valence-electron chi connectivity index (χ0n) is 68.6. The predicted octanol–water partition coefficient (Wildman–Crippen LogP) is 26.2. The maximum Gasteiger partial charge on any atom is 0.347 e. The van der Waals surface area contributed by atoms with Crippen LogP contribution in [0.1, 0.15) is 256 Å². The van der Waals surface area contributed by atoms with E-state index in [0.717, 1.165) is 83.4 Å². The Hall–Kier alpha value is -9.54. The summed E-state index contributed by atoms with van der Waals surface area (Å²) in [6.45, 7) is 44.0. The van der Waals surface area contributed by atoms with Gasteiger partial charge < -0.3 is 24.8 Å². The molecule has 4 N–H and O–H groups in total. The van der Waals surface area contributed by atoms with Crippen molar-refractivity contribution >= 4 is 81.1 Å². The first-order valence-corrected chi connectivity index (χ1v) is 39.1. The van der Waals surface area contributed by atoms with Crippen LogP contribution in [0.3, 0.4) is 0 Å². The number of carbonyl (C=O) groups excluding carboxylic acids is 6. The topological polar surface area (TPSA) is 211 Å². The molecule has 111 heavy (non-hydrogen) atoms. The van der Waals surface area contributed by atoms with Crippen LogP contribution < -0.4 is 14.8 Å². The van der Waals surface area contributed by atoms with E-state index in [2.05, 4.69) is 148 Å². The molecule has 0 aliphatic carbocycles. The summed E-state index contributed by atoms with van der Waals surface area (Å²) in [4.78, 5) is 84.2. The molecule has 0 fully saturated rings. The molecule has 0 unspecified atom stereocenters. The number of ether oxygens (including phenoxy) is 2. The highest BCUT2D eigenvalue weighted by Gasteiger charge is 2.27. The first-order valence-electron chi connectivity index (χ1n) is 37.1. The van der Waals surface area contributed by atoms with Crippen molar-refractivity contribution in [1.82, 2.24) is 5.32 Å². The fourth-order valence-electron chi connectivity index (χ4n) is 9.32. The first-order chi connectivity index (χ1) is 51.3. The summed E-state index contributed by atoms with van der Waals surface area (Å²) in [5.74, 6) is -1.29. The normalized spacial score (nSPS) is 11.7. The molecule has 13 nitrogen and oxygen atoms in total. The van der Waals surface area contributed by atoms with Gasteiger partial charge >= 0.3 is 17.9 Å². The largest absolute Gasteiger partial charge is 0.507 e. The molecule has 0 aliphatic rings. The lowest BCUT2D eigenvalue weighted by atomic mass is 9.83. The van der Waals surface area contributed by atoms with E-state index in [-0.39, 0.29) is 80.5 Å². The number of carboxylic acid groups (broad SMARTS) is 1. The van der Waals surface area contributed by atoms with Crippen LogP contribution in [0.2, 0.25) is 4.34 Å². The molecular weight excluding hydrogens is 1450 g/mol. The fourth-order valence-corrected chi connectivity index (χ4v) is 11.3. The van der Waals surface area contributed by atoms with Crippen LogP contribution in [-0.2, 0) is 22.4 Å². The number of benzene rings is 5. The number of phenolic OH excluding ortho intramolecular Hbond substituents is 2. The second-order valence-corrected chi connectivity index (χ2v) is 35.5. The van der Waals surface area contributed by atoms with E-state index < -0.39 is 23.3 Å². The maximum atomic E-state index is 12.2. The molecule has 0 radical (unpaired) electrons. The van der Waals surface area contributed by atoms with Gasteiger partial charge in [-0.2, -0.15) is 0 Å². The summed E-state index contributed by atoms with van der Waals surface area (Å²) >= 11 is 8.44. The smallest absolute Gasteiger partial charge is 0.347 e. The van der Waals surface area contributed by atoms with Gasteiger partial charge in [0.1, 0.15) is 39.9 Å². The van der Waals surface area contributed by atoms with Crippen molar-refractivity contribution in [1.29, 1.82) is 0 Å². The van der Waals surface area contributed by atoms with Crippen molar-refractivity contribution in [3.8, 4) is 23.0 Å². The molecule has 600 valence electrons. The van der Waals surface area contributed by atoms with Crippen LogP contribution >= 0.6 is 34.3 Å². The van der Waals surface area contributed by atoms with Crippen LogP contribution in [0.25, 0.3) is 5.57 Å². The average Bonchev–Trinajstić information content (AvgIpc) is 1.84. The molecule has 0 atom stereocenters.